The highest BCUT2D eigenvalue weighted by Crippen LogP contribution is 2.31. The van der Waals surface area contributed by atoms with Crippen molar-refractivity contribution in [3.8, 4) is 6.07 Å². The van der Waals surface area contributed by atoms with Crippen molar-refractivity contribution in [3.05, 3.63) is 62.1 Å². The number of halogens is 1. The van der Waals surface area contributed by atoms with Crippen molar-refractivity contribution in [1.82, 2.24) is 0 Å². The van der Waals surface area contributed by atoms with E-state index in [0.29, 0.717) is 16.0 Å². The fourth-order valence-electron chi connectivity index (χ4n) is 2.70. The van der Waals surface area contributed by atoms with E-state index in [1.165, 1.54) is 30.3 Å². The van der Waals surface area contributed by atoms with E-state index in [9.17, 15) is 24.0 Å². The van der Waals surface area contributed by atoms with Crippen molar-refractivity contribution in [2.24, 2.45) is 0 Å². The predicted molar refractivity (Wildman–Crippen MR) is 110 cm³/mol. The van der Waals surface area contributed by atoms with Gasteiger partial charge < -0.3 is 9.47 Å². The van der Waals surface area contributed by atoms with E-state index >= 15 is 0 Å². The second kappa shape index (κ2) is 10.5. The highest BCUT2D eigenvalue weighted by molar-refractivity contribution is 7.14. The summed E-state index contributed by atoms with van der Waals surface area (Å²) in [6.07, 6.45) is 1.08. The van der Waals surface area contributed by atoms with Crippen molar-refractivity contribution in [1.29, 1.82) is 5.26 Å². The maximum atomic E-state index is 13.1. The summed E-state index contributed by atoms with van der Waals surface area (Å²) < 4.78 is 23.1. The first-order chi connectivity index (χ1) is 14.3. The molecule has 2 aromatic rings. The molecule has 0 fully saturated rings. The van der Waals surface area contributed by atoms with Crippen molar-refractivity contribution >= 4 is 35.1 Å². The number of benzene rings is 1. The minimum atomic E-state index is -0.648. The van der Waals surface area contributed by atoms with Crippen LogP contribution in [0.25, 0.3) is 6.08 Å². The number of ether oxygens (including phenoxy) is 2. The first-order valence-electron chi connectivity index (χ1n) is 9.19. The molecule has 0 N–H and O–H groups in total. The summed E-state index contributed by atoms with van der Waals surface area (Å²) in [6, 6.07) is 7.16. The number of allylic oxidation sites excluding steroid dienone is 1. The standard InChI is InChI=1S/C22H20FNO5S/c1-4-28-21(26)19-13(3)20(22(27)29-5-2)30-18(19)11-17(25)15(12-24)10-14-6-8-16(23)9-7-14/h6-10H,4-5,11H2,1-3H3. The summed E-state index contributed by atoms with van der Waals surface area (Å²) in [5.41, 5.74) is 0.847. The zero-order valence-corrected chi connectivity index (χ0v) is 17.6. The van der Waals surface area contributed by atoms with E-state index in [1.54, 1.807) is 20.8 Å². The number of carbonyl (C=O) groups excluding carboxylic acids is 3. The zero-order valence-electron chi connectivity index (χ0n) is 16.8. The molecule has 1 heterocycles. The number of esters is 2. The Hall–Kier alpha value is -3.31. The molecule has 0 aliphatic heterocycles. The molecule has 0 amide bonds. The quantitative estimate of drug-likeness (QED) is 0.353. The van der Waals surface area contributed by atoms with Gasteiger partial charge in [-0.15, -0.1) is 11.3 Å². The van der Waals surface area contributed by atoms with Crippen LogP contribution in [-0.2, 0) is 20.7 Å². The molecule has 156 valence electrons. The van der Waals surface area contributed by atoms with E-state index in [0.717, 1.165) is 11.3 Å². The fraction of sp³-hybridized carbons (Fsp3) is 0.273. The molecule has 1 aromatic carbocycles. The molecule has 8 heteroatoms. The van der Waals surface area contributed by atoms with Gasteiger partial charge in [-0.2, -0.15) is 5.26 Å². The molecular formula is C22H20FNO5S. The summed E-state index contributed by atoms with van der Waals surface area (Å²) in [5.74, 6) is -2.21. The van der Waals surface area contributed by atoms with E-state index in [1.807, 2.05) is 6.07 Å². The lowest BCUT2D eigenvalue weighted by Gasteiger charge is -2.05. The van der Waals surface area contributed by atoms with Crippen LogP contribution >= 0.6 is 11.3 Å². The van der Waals surface area contributed by atoms with Gasteiger partial charge >= 0.3 is 11.9 Å². The first-order valence-corrected chi connectivity index (χ1v) is 10.0. The summed E-state index contributed by atoms with van der Waals surface area (Å²) >= 11 is 0.970. The van der Waals surface area contributed by atoms with Gasteiger partial charge in [0.05, 0.1) is 24.4 Å². The molecule has 0 radical (unpaired) electrons. The number of hydrogen-bond acceptors (Lipinski definition) is 7. The molecule has 0 spiro atoms. The lowest BCUT2D eigenvalue weighted by Crippen LogP contribution is -2.12. The summed E-state index contributed by atoms with van der Waals surface area (Å²) in [5, 5.41) is 9.40. The van der Waals surface area contributed by atoms with Crippen LogP contribution in [-0.4, -0.2) is 30.9 Å². The lowest BCUT2D eigenvalue weighted by molar-refractivity contribution is -0.114. The summed E-state index contributed by atoms with van der Waals surface area (Å²) in [6.45, 7) is 5.19. The third-order valence-corrected chi connectivity index (χ3v) is 5.35. The second-order valence-electron chi connectivity index (χ2n) is 6.12. The Morgan fingerprint density at radius 3 is 2.27 bits per heavy atom. The van der Waals surface area contributed by atoms with Gasteiger partial charge in [-0.25, -0.2) is 14.0 Å². The molecule has 0 saturated carbocycles. The number of nitriles is 1. The van der Waals surface area contributed by atoms with Gasteiger partial charge in [0.25, 0.3) is 0 Å². The molecule has 1 aromatic heterocycles. The lowest BCUT2D eigenvalue weighted by atomic mass is 10.0. The van der Waals surface area contributed by atoms with Crippen LogP contribution in [0.1, 0.15) is 49.9 Å². The van der Waals surface area contributed by atoms with Crippen LogP contribution < -0.4 is 0 Å². The monoisotopic (exact) mass is 429 g/mol. The fourth-order valence-corrected chi connectivity index (χ4v) is 3.89. The Morgan fingerprint density at radius 2 is 1.70 bits per heavy atom. The Labute approximate surface area is 177 Å². The number of carbonyl (C=O) groups is 3. The minimum Gasteiger partial charge on any atom is -0.462 e. The predicted octanol–water partition coefficient (Wildman–Crippen LogP) is 4.27. The molecule has 0 unspecified atom stereocenters. The van der Waals surface area contributed by atoms with E-state index < -0.39 is 23.5 Å². The number of nitrogens with zero attached hydrogens (tertiary/aromatic N) is 1. The highest BCUT2D eigenvalue weighted by atomic mass is 32.1. The van der Waals surface area contributed by atoms with Crippen LogP contribution in [0.3, 0.4) is 0 Å². The number of ketones is 1. The number of thiophene rings is 1. The van der Waals surface area contributed by atoms with Gasteiger partial charge in [0.2, 0.25) is 0 Å². The maximum Gasteiger partial charge on any atom is 0.348 e. The topological polar surface area (TPSA) is 93.5 Å². The van der Waals surface area contributed by atoms with Crippen molar-refractivity contribution in [2.75, 3.05) is 13.2 Å². The first kappa shape index (κ1) is 23.0. The Bertz CT molecular complexity index is 1030. The van der Waals surface area contributed by atoms with Crippen molar-refractivity contribution < 1.29 is 28.2 Å². The Balaban J connectivity index is 2.41. The second-order valence-corrected chi connectivity index (χ2v) is 7.22. The van der Waals surface area contributed by atoms with E-state index in [4.69, 9.17) is 9.47 Å². The minimum absolute atomic E-state index is 0.129. The Morgan fingerprint density at radius 1 is 1.10 bits per heavy atom. The van der Waals surface area contributed by atoms with Gasteiger partial charge in [0.15, 0.2) is 5.78 Å². The highest BCUT2D eigenvalue weighted by Gasteiger charge is 2.27. The van der Waals surface area contributed by atoms with Gasteiger partial charge in [-0.1, -0.05) is 12.1 Å². The molecule has 0 aliphatic carbocycles. The van der Waals surface area contributed by atoms with Gasteiger partial charge in [-0.3, -0.25) is 4.79 Å². The maximum absolute atomic E-state index is 13.1. The average Bonchev–Trinajstić information content (AvgIpc) is 3.03. The van der Waals surface area contributed by atoms with Crippen LogP contribution in [0, 0.1) is 24.1 Å². The normalized spacial score (nSPS) is 11.0. The van der Waals surface area contributed by atoms with E-state index in [-0.39, 0.29) is 35.6 Å². The van der Waals surface area contributed by atoms with Crippen LogP contribution in [0.2, 0.25) is 0 Å². The number of rotatable bonds is 8. The summed E-state index contributed by atoms with van der Waals surface area (Å²) in [4.78, 5) is 37.9. The molecule has 0 bridgehead atoms. The van der Waals surface area contributed by atoms with E-state index in [2.05, 4.69) is 0 Å². The van der Waals surface area contributed by atoms with Crippen LogP contribution in [0.15, 0.2) is 29.8 Å². The Kier molecular flexibility index (Phi) is 8.01. The average molecular weight is 429 g/mol. The smallest absolute Gasteiger partial charge is 0.348 e. The van der Waals surface area contributed by atoms with Crippen LogP contribution in [0.5, 0.6) is 0 Å². The molecule has 0 atom stereocenters. The molecule has 2 rings (SSSR count). The zero-order chi connectivity index (χ0) is 22.3. The van der Waals surface area contributed by atoms with Gasteiger partial charge in [0, 0.05) is 11.3 Å². The third kappa shape index (κ3) is 5.39. The largest absolute Gasteiger partial charge is 0.462 e. The molecular weight excluding hydrogens is 409 g/mol. The van der Waals surface area contributed by atoms with Crippen LogP contribution in [0.4, 0.5) is 4.39 Å². The molecule has 0 saturated heterocycles. The molecule has 0 aliphatic rings. The van der Waals surface area contributed by atoms with Gasteiger partial charge in [0.1, 0.15) is 16.8 Å². The summed E-state index contributed by atoms with van der Waals surface area (Å²) in [7, 11) is 0. The van der Waals surface area contributed by atoms with Gasteiger partial charge in [-0.05, 0) is 50.1 Å². The molecule has 6 nitrogen and oxygen atoms in total. The third-order valence-electron chi connectivity index (χ3n) is 4.08. The number of Topliss-reactive ketones (excluding diaryl/α,β-unsaturated/α-hetero) is 1. The van der Waals surface area contributed by atoms with Crippen molar-refractivity contribution in [3.63, 3.8) is 0 Å². The SMILES string of the molecule is CCOC(=O)c1sc(CC(=O)C(C#N)=Cc2ccc(F)cc2)c(C(=O)OCC)c1C. The molecule has 30 heavy (non-hydrogen) atoms. The van der Waals surface area contributed by atoms with Crippen molar-refractivity contribution in [2.45, 2.75) is 27.2 Å². The number of hydrogen-bond donors (Lipinski definition) is 0.